The van der Waals surface area contributed by atoms with Crippen LogP contribution in [0.4, 0.5) is 5.82 Å². The number of sulfonamides is 1. The second kappa shape index (κ2) is 6.90. The van der Waals surface area contributed by atoms with Gasteiger partial charge >= 0.3 is 5.97 Å². The molecule has 0 amide bonds. The van der Waals surface area contributed by atoms with Gasteiger partial charge in [-0.05, 0) is 35.0 Å². The minimum absolute atomic E-state index is 0.0258. The first-order valence-electron chi connectivity index (χ1n) is 7.52. The Morgan fingerprint density at radius 1 is 1.04 bits per heavy atom. The minimum Gasteiger partial charge on any atom is -0.469 e. The van der Waals surface area contributed by atoms with Crippen LogP contribution in [0.3, 0.4) is 0 Å². The van der Waals surface area contributed by atoms with Crippen molar-refractivity contribution in [2.45, 2.75) is 11.3 Å². The van der Waals surface area contributed by atoms with Gasteiger partial charge in [-0.25, -0.2) is 13.4 Å². The van der Waals surface area contributed by atoms with Crippen LogP contribution in [0.5, 0.6) is 0 Å². The summed E-state index contributed by atoms with van der Waals surface area (Å²) in [5.74, 6) is -0.295. The molecule has 0 aliphatic heterocycles. The van der Waals surface area contributed by atoms with E-state index in [4.69, 9.17) is 0 Å². The number of nitrogens with zero attached hydrogens (tertiary/aromatic N) is 1. The summed E-state index contributed by atoms with van der Waals surface area (Å²) < 4.78 is 32.2. The minimum atomic E-state index is -3.78. The summed E-state index contributed by atoms with van der Waals surface area (Å²) in [5.41, 5.74) is 0.422. The molecule has 3 rings (SSSR count). The Morgan fingerprint density at radius 3 is 2.56 bits per heavy atom. The number of fused-ring (bicyclic) bond motifs is 1. The molecule has 0 aliphatic carbocycles. The molecule has 0 saturated heterocycles. The zero-order chi connectivity index (χ0) is 17.9. The zero-order valence-corrected chi connectivity index (χ0v) is 14.3. The molecule has 0 spiro atoms. The number of anilines is 1. The van der Waals surface area contributed by atoms with E-state index in [0.717, 1.165) is 10.8 Å². The number of benzene rings is 2. The van der Waals surface area contributed by atoms with Crippen molar-refractivity contribution in [1.29, 1.82) is 0 Å². The van der Waals surface area contributed by atoms with Gasteiger partial charge in [0.1, 0.15) is 5.82 Å². The number of pyridine rings is 1. The van der Waals surface area contributed by atoms with Gasteiger partial charge in [0.25, 0.3) is 10.0 Å². The molecule has 1 aromatic heterocycles. The SMILES string of the molecule is COC(=O)Cc1cccc(NS(=O)(=O)c2ccc3ccccc3c2)n1. The Hall–Kier alpha value is -2.93. The molecular weight excluding hydrogens is 340 g/mol. The number of aromatic nitrogens is 1. The summed E-state index contributed by atoms with van der Waals surface area (Å²) in [5, 5.41) is 1.79. The van der Waals surface area contributed by atoms with Gasteiger partial charge in [0, 0.05) is 0 Å². The summed E-state index contributed by atoms with van der Waals surface area (Å²) in [6.45, 7) is 0. The molecule has 0 fully saturated rings. The zero-order valence-electron chi connectivity index (χ0n) is 13.5. The van der Waals surface area contributed by atoms with Gasteiger partial charge < -0.3 is 4.74 Å². The monoisotopic (exact) mass is 356 g/mol. The Balaban J connectivity index is 1.87. The maximum absolute atomic E-state index is 12.6. The number of carbonyl (C=O) groups excluding carboxylic acids is 1. The van der Waals surface area contributed by atoms with Crippen molar-refractivity contribution < 1.29 is 17.9 Å². The molecule has 0 atom stereocenters. The van der Waals surface area contributed by atoms with Crippen molar-refractivity contribution in [2.24, 2.45) is 0 Å². The van der Waals surface area contributed by atoms with Gasteiger partial charge in [0.15, 0.2) is 0 Å². The maximum Gasteiger partial charge on any atom is 0.311 e. The first-order valence-corrected chi connectivity index (χ1v) is 9.00. The normalized spacial score (nSPS) is 11.2. The van der Waals surface area contributed by atoms with E-state index in [9.17, 15) is 13.2 Å². The first-order chi connectivity index (χ1) is 12.0. The van der Waals surface area contributed by atoms with Crippen LogP contribution in [0, 0.1) is 0 Å². The second-order valence-corrected chi connectivity index (χ2v) is 7.06. The molecule has 3 aromatic rings. The van der Waals surface area contributed by atoms with Crippen LogP contribution in [-0.4, -0.2) is 26.5 Å². The van der Waals surface area contributed by atoms with Crippen molar-refractivity contribution in [2.75, 3.05) is 11.8 Å². The highest BCUT2D eigenvalue weighted by atomic mass is 32.2. The topological polar surface area (TPSA) is 85.4 Å². The molecule has 2 aromatic carbocycles. The van der Waals surface area contributed by atoms with Crippen molar-refractivity contribution in [1.82, 2.24) is 4.98 Å². The van der Waals surface area contributed by atoms with E-state index >= 15 is 0 Å². The summed E-state index contributed by atoms with van der Waals surface area (Å²) >= 11 is 0. The lowest BCUT2D eigenvalue weighted by atomic mass is 10.1. The molecular formula is C18H16N2O4S. The number of hydrogen-bond donors (Lipinski definition) is 1. The first kappa shape index (κ1) is 16.9. The van der Waals surface area contributed by atoms with Gasteiger partial charge in [-0.15, -0.1) is 0 Å². The summed E-state index contributed by atoms with van der Waals surface area (Å²) in [7, 11) is -2.50. The number of ether oxygens (including phenoxy) is 1. The highest BCUT2D eigenvalue weighted by Gasteiger charge is 2.16. The predicted octanol–water partition coefficient (Wildman–Crippen LogP) is 2.75. The van der Waals surface area contributed by atoms with Crippen LogP contribution in [0.1, 0.15) is 5.69 Å². The van der Waals surface area contributed by atoms with Gasteiger partial charge in [0.05, 0.1) is 24.1 Å². The van der Waals surface area contributed by atoms with E-state index in [0.29, 0.717) is 5.69 Å². The number of nitrogens with one attached hydrogen (secondary N) is 1. The molecule has 25 heavy (non-hydrogen) atoms. The van der Waals surface area contributed by atoms with E-state index in [1.165, 1.54) is 13.2 Å². The second-order valence-electron chi connectivity index (χ2n) is 5.38. The standard InChI is InChI=1S/C18H16N2O4S/c1-24-18(21)12-15-7-4-8-17(19-15)20-25(22,23)16-10-9-13-5-2-3-6-14(13)11-16/h2-11H,12H2,1H3,(H,19,20). The molecule has 0 aliphatic rings. The Morgan fingerprint density at radius 2 is 1.80 bits per heavy atom. The molecule has 128 valence electrons. The van der Waals surface area contributed by atoms with Crippen molar-refractivity contribution in [3.8, 4) is 0 Å². The number of hydrogen-bond acceptors (Lipinski definition) is 5. The smallest absolute Gasteiger partial charge is 0.311 e. The average Bonchev–Trinajstić information content (AvgIpc) is 2.61. The number of esters is 1. The van der Waals surface area contributed by atoms with E-state index in [-0.39, 0.29) is 17.1 Å². The molecule has 0 saturated carbocycles. The average molecular weight is 356 g/mol. The van der Waals surface area contributed by atoms with E-state index in [1.54, 1.807) is 30.3 Å². The fraction of sp³-hybridized carbons (Fsp3) is 0.111. The Labute approximate surface area is 145 Å². The molecule has 0 bridgehead atoms. The van der Waals surface area contributed by atoms with Crippen molar-refractivity contribution >= 4 is 32.6 Å². The summed E-state index contributed by atoms with van der Waals surface area (Å²) in [6.07, 6.45) is -0.0258. The number of carbonyl (C=O) groups is 1. The molecule has 1 N–H and O–H groups in total. The molecule has 7 heteroatoms. The highest BCUT2D eigenvalue weighted by Crippen LogP contribution is 2.21. The molecule has 0 unspecified atom stereocenters. The third-order valence-corrected chi connectivity index (χ3v) is 4.98. The third-order valence-electron chi connectivity index (χ3n) is 3.63. The lowest BCUT2D eigenvalue weighted by Gasteiger charge is -2.09. The van der Waals surface area contributed by atoms with Crippen LogP contribution in [-0.2, 0) is 26.0 Å². The molecule has 6 nitrogen and oxygen atoms in total. The van der Waals surface area contributed by atoms with Gasteiger partial charge in [-0.3, -0.25) is 9.52 Å². The van der Waals surface area contributed by atoms with Crippen LogP contribution < -0.4 is 4.72 Å². The van der Waals surface area contributed by atoms with Gasteiger partial charge in [-0.2, -0.15) is 0 Å². The highest BCUT2D eigenvalue weighted by molar-refractivity contribution is 7.92. The fourth-order valence-corrected chi connectivity index (χ4v) is 3.42. The molecule has 0 radical (unpaired) electrons. The maximum atomic E-state index is 12.6. The van der Waals surface area contributed by atoms with Crippen molar-refractivity contribution in [3.05, 3.63) is 66.4 Å². The van der Waals surface area contributed by atoms with Gasteiger partial charge in [0.2, 0.25) is 0 Å². The lowest BCUT2D eigenvalue weighted by Crippen LogP contribution is -2.15. The lowest BCUT2D eigenvalue weighted by molar-refractivity contribution is -0.139. The summed E-state index contributed by atoms with van der Waals surface area (Å²) in [6, 6.07) is 17.2. The number of rotatable bonds is 5. The third kappa shape index (κ3) is 3.95. The van der Waals surface area contributed by atoms with Crippen LogP contribution >= 0.6 is 0 Å². The largest absolute Gasteiger partial charge is 0.469 e. The van der Waals surface area contributed by atoms with E-state index < -0.39 is 16.0 Å². The van der Waals surface area contributed by atoms with Crippen LogP contribution in [0.15, 0.2) is 65.6 Å². The van der Waals surface area contributed by atoms with E-state index in [1.807, 2.05) is 24.3 Å². The number of methoxy groups -OCH3 is 1. The fourth-order valence-electron chi connectivity index (χ4n) is 2.39. The predicted molar refractivity (Wildman–Crippen MR) is 94.7 cm³/mol. The van der Waals surface area contributed by atoms with E-state index in [2.05, 4.69) is 14.4 Å². The summed E-state index contributed by atoms with van der Waals surface area (Å²) in [4.78, 5) is 15.6. The van der Waals surface area contributed by atoms with Gasteiger partial charge in [-0.1, -0.05) is 36.4 Å². The Kier molecular flexibility index (Phi) is 4.67. The van der Waals surface area contributed by atoms with Crippen LogP contribution in [0.25, 0.3) is 10.8 Å². The quantitative estimate of drug-likeness (QED) is 0.711. The van der Waals surface area contributed by atoms with Crippen molar-refractivity contribution in [3.63, 3.8) is 0 Å². The van der Waals surface area contributed by atoms with Crippen LogP contribution in [0.2, 0.25) is 0 Å². The molecule has 1 heterocycles. The Bertz CT molecular complexity index is 1030.